The molecule has 1 aromatic carbocycles. The molecule has 1 amide bonds. The lowest BCUT2D eigenvalue weighted by Crippen LogP contribution is -2.33. The van der Waals surface area contributed by atoms with Gasteiger partial charge in [-0.05, 0) is 12.1 Å². The predicted octanol–water partition coefficient (Wildman–Crippen LogP) is 1.77. The summed E-state index contributed by atoms with van der Waals surface area (Å²) in [4.78, 5) is 19.9. The molecule has 0 radical (unpaired) electrons. The lowest BCUT2D eigenvalue weighted by Gasteiger charge is -2.26. The zero-order valence-electron chi connectivity index (χ0n) is 13.2. The molecule has 0 fully saturated rings. The van der Waals surface area contributed by atoms with E-state index in [-0.39, 0.29) is 17.7 Å². The summed E-state index contributed by atoms with van der Waals surface area (Å²) in [6, 6.07) is 7.55. The summed E-state index contributed by atoms with van der Waals surface area (Å²) in [5.41, 5.74) is 0.823. The number of carbonyl (C=O) groups excluding carboxylic acids is 1. The van der Waals surface area contributed by atoms with Crippen LogP contribution < -0.4 is 14.8 Å². The first-order chi connectivity index (χ1) is 12.3. The van der Waals surface area contributed by atoms with Gasteiger partial charge in [0.1, 0.15) is 12.3 Å². The van der Waals surface area contributed by atoms with E-state index in [0.29, 0.717) is 18.8 Å². The average Bonchev–Trinajstić information content (AvgIpc) is 3.09. The van der Waals surface area contributed by atoms with E-state index in [9.17, 15) is 4.79 Å². The van der Waals surface area contributed by atoms with Gasteiger partial charge >= 0.3 is 0 Å². The summed E-state index contributed by atoms with van der Waals surface area (Å²) in [6.45, 7) is 0.952. The Labute approximate surface area is 143 Å². The molecule has 3 heterocycles. The van der Waals surface area contributed by atoms with Crippen LogP contribution in [0.2, 0.25) is 0 Å². The molecule has 1 aliphatic rings. The Hall–Kier alpha value is -3.42. The molecule has 0 aliphatic carbocycles. The van der Waals surface area contributed by atoms with Crippen molar-refractivity contribution in [3.63, 3.8) is 0 Å². The van der Waals surface area contributed by atoms with Gasteiger partial charge in [-0.15, -0.1) is 0 Å². The molecule has 2 aromatic heterocycles. The smallest absolute Gasteiger partial charge is 0.275 e. The van der Waals surface area contributed by atoms with E-state index in [2.05, 4.69) is 20.4 Å². The Morgan fingerprint density at radius 2 is 2.12 bits per heavy atom. The van der Waals surface area contributed by atoms with Gasteiger partial charge in [0.05, 0.1) is 24.6 Å². The van der Waals surface area contributed by atoms with Crippen LogP contribution in [0.4, 0.5) is 5.69 Å². The number of hydrogen-bond acceptors (Lipinski definition) is 6. The zero-order chi connectivity index (χ0) is 17.1. The molecule has 1 aliphatic heterocycles. The standard InChI is InChI=1S/C17H15N5O3/c23-17(14-8-18-5-6-19-14)21-12-7-20-22(9-12)10-13-11-24-15-3-1-2-4-16(15)25-13/h1-9,13H,10-11H2,(H,21,23)/t13-/m0/s1. The van der Waals surface area contributed by atoms with Gasteiger partial charge in [-0.1, -0.05) is 12.1 Å². The minimum Gasteiger partial charge on any atom is -0.486 e. The van der Waals surface area contributed by atoms with Crippen LogP contribution >= 0.6 is 0 Å². The molecule has 1 N–H and O–H groups in total. The molecule has 25 heavy (non-hydrogen) atoms. The number of fused-ring (bicyclic) bond motifs is 1. The van der Waals surface area contributed by atoms with Crippen molar-refractivity contribution in [3.8, 4) is 11.5 Å². The Bertz CT molecular complexity index is 881. The molecule has 3 aromatic rings. The maximum atomic E-state index is 12.1. The van der Waals surface area contributed by atoms with Crippen molar-refractivity contribution < 1.29 is 14.3 Å². The number of nitrogens with one attached hydrogen (secondary N) is 1. The first-order valence-corrected chi connectivity index (χ1v) is 7.76. The quantitative estimate of drug-likeness (QED) is 0.780. The van der Waals surface area contributed by atoms with Crippen LogP contribution in [0.5, 0.6) is 11.5 Å². The molecular formula is C17H15N5O3. The number of hydrogen-bond donors (Lipinski definition) is 1. The number of amides is 1. The van der Waals surface area contributed by atoms with Gasteiger partial charge < -0.3 is 14.8 Å². The van der Waals surface area contributed by atoms with Crippen LogP contribution in [0, 0.1) is 0 Å². The Kier molecular flexibility index (Phi) is 3.99. The summed E-state index contributed by atoms with van der Waals surface area (Å²) < 4.78 is 13.3. The number of carbonyl (C=O) groups is 1. The maximum absolute atomic E-state index is 12.1. The van der Waals surface area contributed by atoms with Crippen LogP contribution in [0.3, 0.4) is 0 Å². The molecule has 0 unspecified atom stereocenters. The van der Waals surface area contributed by atoms with Crippen LogP contribution in [0.15, 0.2) is 55.2 Å². The number of rotatable bonds is 4. The van der Waals surface area contributed by atoms with Crippen LogP contribution in [-0.4, -0.2) is 38.4 Å². The number of nitrogens with zero attached hydrogens (tertiary/aromatic N) is 4. The monoisotopic (exact) mass is 337 g/mol. The summed E-state index contributed by atoms with van der Waals surface area (Å²) in [5, 5.41) is 6.98. The highest BCUT2D eigenvalue weighted by molar-refractivity contribution is 6.02. The normalized spacial score (nSPS) is 15.6. The number of ether oxygens (including phenoxy) is 2. The third-order valence-corrected chi connectivity index (χ3v) is 3.65. The van der Waals surface area contributed by atoms with E-state index in [1.165, 1.54) is 18.6 Å². The molecule has 126 valence electrons. The topological polar surface area (TPSA) is 91.2 Å². The Balaban J connectivity index is 1.38. The Morgan fingerprint density at radius 3 is 2.96 bits per heavy atom. The van der Waals surface area contributed by atoms with Crippen molar-refractivity contribution >= 4 is 11.6 Å². The number of para-hydroxylation sites is 2. The predicted molar refractivity (Wildman–Crippen MR) is 88.6 cm³/mol. The third kappa shape index (κ3) is 3.42. The fourth-order valence-corrected chi connectivity index (χ4v) is 2.50. The van der Waals surface area contributed by atoms with E-state index < -0.39 is 0 Å². The SMILES string of the molecule is O=C(Nc1cnn(C[C@H]2COc3ccccc3O2)c1)c1cnccn1. The van der Waals surface area contributed by atoms with E-state index in [1.807, 2.05) is 24.3 Å². The van der Waals surface area contributed by atoms with Crippen molar-refractivity contribution in [2.24, 2.45) is 0 Å². The third-order valence-electron chi connectivity index (χ3n) is 3.65. The van der Waals surface area contributed by atoms with Gasteiger partial charge in [0.25, 0.3) is 5.91 Å². The van der Waals surface area contributed by atoms with E-state index >= 15 is 0 Å². The molecular weight excluding hydrogens is 322 g/mol. The molecule has 0 saturated heterocycles. The first kappa shape index (κ1) is 15.1. The summed E-state index contributed by atoms with van der Waals surface area (Å²) in [5.74, 6) is 1.14. The lowest BCUT2D eigenvalue weighted by molar-refractivity contribution is 0.0759. The van der Waals surface area contributed by atoms with Crippen LogP contribution in [0.1, 0.15) is 10.5 Å². The molecule has 8 heteroatoms. The van der Waals surface area contributed by atoms with Gasteiger partial charge in [-0.3, -0.25) is 14.5 Å². The summed E-state index contributed by atoms with van der Waals surface area (Å²) >= 11 is 0. The fraction of sp³-hybridized carbons (Fsp3) is 0.176. The summed E-state index contributed by atoms with van der Waals surface area (Å²) in [7, 11) is 0. The maximum Gasteiger partial charge on any atom is 0.275 e. The van der Waals surface area contributed by atoms with Crippen molar-refractivity contribution in [3.05, 3.63) is 60.9 Å². The van der Waals surface area contributed by atoms with E-state index in [0.717, 1.165) is 11.5 Å². The second kappa shape index (κ2) is 6.60. The number of benzene rings is 1. The first-order valence-electron chi connectivity index (χ1n) is 7.76. The lowest BCUT2D eigenvalue weighted by atomic mass is 10.2. The van der Waals surface area contributed by atoms with Crippen molar-refractivity contribution in [1.29, 1.82) is 0 Å². The van der Waals surface area contributed by atoms with E-state index in [4.69, 9.17) is 9.47 Å². The number of aromatic nitrogens is 4. The fourth-order valence-electron chi connectivity index (χ4n) is 2.50. The van der Waals surface area contributed by atoms with Crippen LogP contribution in [0.25, 0.3) is 0 Å². The molecule has 0 spiro atoms. The van der Waals surface area contributed by atoms with Crippen molar-refractivity contribution in [1.82, 2.24) is 19.7 Å². The summed E-state index contributed by atoms with van der Waals surface area (Å²) in [6.07, 6.45) is 7.54. The molecule has 0 bridgehead atoms. The van der Waals surface area contributed by atoms with Crippen LogP contribution in [-0.2, 0) is 6.54 Å². The number of anilines is 1. The average molecular weight is 337 g/mol. The highest BCUT2D eigenvalue weighted by atomic mass is 16.6. The van der Waals surface area contributed by atoms with Gasteiger partial charge in [-0.25, -0.2) is 4.98 Å². The molecule has 8 nitrogen and oxygen atoms in total. The van der Waals surface area contributed by atoms with Crippen molar-refractivity contribution in [2.45, 2.75) is 12.6 Å². The van der Waals surface area contributed by atoms with Gasteiger partial charge in [-0.2, -0.15) is 5.10 Å². The second-order valence-corrected chi connectivity index (χ2v) is 5.49. The Morgan fingerprint density at radius 1 is 1.24 bits per heavy atom. The van der Waals surface area contributed by atoms with Gasteiger partial charge in [0.2, 0.25) is 0 Å². The highest BCUT2D eigenvalue weighted by Gasteiger charge is 2.21. The minimum absolute atomic E-state index is 0.154. The minimum atomic E-state index is -0.334. The van der Waals surface area contributed by atoms with E-state index in [1.54, 1.807) is 17.1 Å². The molecule has 4 rings (SSSR count). The van der Waals surface area contributed by atoms with Crippen molar-refractivity contribution in [2.75, 3.05) is 11.9 Å². The zero-order valence-corrected chi connectivity index (χ0v) is 13.2. The van der Waals surface area contributed by atoms with Gasteiger partial charge in [0, 0.05) is 18.6 Å². The highest BCUT2D eigenvalue weighted by Crippen LogP contribution is 2.31. The molecule has 0 saturated carbocycles. The largest absolute Gasteiger partial charge is 0.486 e. The second-order valence-electron chi connectivity index (χ2n) is 5.49. The van der Waals surface area contributed by atoms with Gasteiger partial charge in [0.15, 0.2) is 17.6 Å². The molecule has 1 atom stereocenters.